The molecule has 1 unspecified atom stereocenters. The Balaban J connectivity index is 1.50. The van der Waals surface area contributed by atoms with Crippen LogP contribution in [0.4, 0.5) is 15.0 Å². The highest BCUT2D eigenvalue weighted by molar-refractivity contribution is 5.81. The van der Waals surface area contributed by atoms with Crippen LogP contribution in [0, 0.1) is 13.0 Å². The molecule has 0 saturated heterocycles. The van der Waals surface area contributed by atoms with Crippen LogP contribution in [0.2, 0.25) is 0 Å². The van der Waals surface area contributed by atoms with E-state index >= 15 is 0 Å². The van der Waals surface area contributed by atoms with Crippen molar-refractivity contribution in [3.8, 4) is 0 Å². The van der Waals surface area contributed by atoms with Gasteiger partial charge in [-0.05, 0) is 13.3 Å². The second-order valence-corrected chi connectivity index (χ2v) is 5.92. The van der Waals surface area contributed by atoms with Crippen molar-refractivity contribution in [2.45, 2.75) is 32.6 Å². The number of hydrogen-bond donors (Lipinski definition) is 1. The summed E-state index contributed by atoms with van der Waals surface area (Å²) in [6.45, 7) is 1.45. The molecule has 13 heteroatoms. The summed E-state index contributed by atoms with van der Waals surface area (Å²) >= 11 is 0. The number of halogens is 1. The molecule has 3 rings (SSSR count). The molecule has 0 aromatic carbocycles. The molecule has 3 aromatic rings. The number of aromatic nitrogens is 4. The zero-order chi connectivity index (χ0) is 21.0. The van der Waals surface area contributed by atoms with Gasteiger partial charge < -0.3 is 33.3 Å². The average molecular weight is 411 g/mol. The lowest BCUT2D eigenvalue weighted by Crippen LogP contribution is -2.23. The molecule has 2 N–H and O–H groups in total. The van der Waals surface area contributed by atoms with Crippen LogP contribution in [0.25, 0.3) is 11.2 Å². The van der Waals surface area contributed by atoms with E-state index in [2.05, 4.69) is 19.4 Å². The maximum absolute atomic E-state index is 13.4. The Morgan fingerprint density at radius 3 is 2.83 bits per heavy atom. The van der Waals surface area contributed by atoms with Crippen LogP contribution in [0.1, 0.15) is 17.9 Å². The van der Waals surface area contributed by atoms with Gasteiger partial charge in [-0.2, -0.15) is 14.4 Å². The van der Waals surface area contributed by atoms with Gasteiger partial charge in [0, 0.05) is 13.7 Å². The first-order chi connectivity index (χ1) is 13.9. The molecule has 29 heavy (non-hydrogen) atoms. The van der Waals surface area contributed by atoms with E-state index in [0.29, 0.717) is 18.5 Å². The van der Waals surface area contributed by atoms with Gasteiger partial charge in [-0.15, -0.1) is 0 Å². The Morgan fingerprint density at radius 2 is 2.14 bits per heavy atom. The molecule has 156 valence electrons. The number of fused-ring (bicyclic) bond motifs is 1. The third kappa shape index (κ3) is 4.87. The van der Waals surface area contributed by atoms with Crippen LogP contribution in [0.5, 0.6) is 0 Å². The summed E-state index contributed by atoms with van der Waals surface area (Å²) < 4.78 is 39.4. The van der Waals surface area contributed by atoms with Crippen LogP contribution in [-0.4, -0.2) is 45.5 Å². The molecule has 0 bridgehead atoms. The maximum atomic E-state index is 13.4. The van der Waals surface area contributed by atoms with Crippen LogP contribution >= 0.6 is 0 Å². The van der Waals surface area contributed by atoms with Gasteiger partial charge in [0.25, 0.3) is 0 Å². The molecule has 1 atom stereocenters. The van der Waals surface area contributed by atoms with E-state index in [1.54, 1.807) is 4.57 Å². The van der Waals surface area contributed by atoms with Gasteiger partial charge in [0.2, 0.25) is 0 Å². The predicted molar refractivity (Wildman–Crippen MR) is 93.2 cm³/mol. The number of ether oxygens (including phenoxy) is 3. The summed E-state index contributed by atoms with van der Waals surface area (Å²) in [4.78, 5) is 33.8. The predicted octanol–water partition coefficient (Wildman–Crippen LogP) is 1.16. The molecule has 12 nitrogen and oxygen atoms in total. The normalized spacial score (nSPS) is 12.2. The Bertz CT molecular complexity index is 1060. The number of methoxy groups -OCH3 is 1. The molecular weight excluding hydrogens is 393 g/mol. The molecule has 3 heterocycles. The number of anilines is 1. The lowest BCUT2D eigenvalue weighted by Gasteiger charge is -2.15. The SMILES string of the molecule is COC(CCn1cnc2c(N)nc(F)nc21)COC(=O)OCc1oc(=O)oc1C. The monoisotopic (exact) mass is 411 g/mol. The van der Waals surface area contributed by atoms with Crippen molar-refractivity contribution in [1.82, 2.24) is 19.5 Å². The van der Waals surface area contributed by atoms with Crippen molar-refractivity contribution < 1.29 is 32.2 Å². The summed E-state index contributed by atoms with van der Waals surface area (Å²) in [6, 6.07) is 0. The number of rotatable bonds is 8. The third-order valence-electron chi connectivity index (χ3n) is 4.03. The molecule has 0 spiro atoms. The lowest BCUT2D eigenvalue weighted by atomic mass is 10.2. The number of aryl methyl sites for hydroxylation is 2. The highest BCUT2D eigenvalue weighted by atomic mass is 19.1. The molecule has 0 aliphatic rings. The molecule has 0 aliphatic carbocycles. The van der Waals surface area contributed by atoms with E-state index < -0.39 is 24.2 Å². The Kier molecular flexibility index (Phi) is 6.07. The fourth-order valence-electron chi connectivity index (χ4n) is 2.49. The molecule has 0 fully saturated rings. The summed E-state index contributed by atoms with van der Waals surface area (Å²) in [6.07, 6.45) is -0.535. The highest BCUT2D eigenvalue weighted by Gasteiger charge is 2.17. The Morgan fingerprint density at radius 1 is 1.34 bits per heavy atom. The average Bonchev–Trinajstić information content (AvgIpc) is 3.22. The van der Waals surface area contributed by atoms with Crippen LogP contribution in [0.3, 0.4) is 0 Å². The van der Waals surface area contributed by atoms with Crippen molar-refractivity contribution in [2.75, 3.05) is 19.5 Å². The third-order valence-corrected chi connectivity index (χ3v) is 4.03. The summed E-state index contributed by atoms with van der Waals surface area (Å²) in [5.41, 5.74) is 6.17. The number of carbonyl (C=O) groups excluding carboxylic acids is 1. The number of carbonyl (C=O) groups is 1. The smallest absolute Gasteiger partial charge is 0.432 e. The number of nitrogens with zero attached hydrogens (tertiary/aromatic N) is 4. The topological polar surface area (TPSA) is 158 Å². The fourth-order valence-corrected chi connectivity index (χ4v) is 2.49. The number of hydrogen-bond acceptors (Lipinski definition) is 11. The zero-order valence-electron chi connectivity index (χ0n) is 15.6. The number of nitrogen functional groups attached to an aromatic ring is 1. The molecule has 0 saturated carbocycles. The molecule has 3 aromatic heterocycles. The van der Waals surface area contributed by atoms with Crippen LogP contribution < -0.4 is 11.6 Å². The van der Waals surface area contributed by atoms with E-state index in [-0.39, 0.29) is 36.2 Å². The molecule has 0 radical (unpaired) electrons. The summed E-state index contributed by atoms with van der Waals surface area (Å²) in [5, 5.41) is 0. The second-order valence-electron chi connectivity index (χ2n) is 5.92. The highest BCUT2D eigenvalue weighted by Crippen LogP contribution is 2.16. The lowest BCUT2D eigenvalue weighted by molar-refractivity contribution is -0.00627. The van der Waals surface area contributed by atoms with Gasteiger partial charge in [0.1, 0.15) is 12.1 Å². The minimum absolute atomic E-state index is 0.0516. The zero-order valence-corrected chi connectivity index (χ0v) is 15.6. The van der Waals surface area contributed by atoms with Crippen LogP contribution in [0.15, 0.2) is 20.0 Å². The minimum Gasteiger partial charge on any atom is -0.432 e. The first-order valence-corrected chi connectivity index (χ1v) is 8.43. The number of nitrogens with two attached hydrogens (primary N) is 1. The molecule has 0 aliphatic heterocycles. The van der Waals surface area contributed by atoms with Gasteiger partial charge in [-0.25, -0.2) is 14.6 Å². The van der Waals surface area contributed by atoms with E-state index in [1.165, 1.54) is 20.4 Å². The van der Waals surface area contributed by atoms with Crippen molar-refractivity contribution >= 4 is 23.1 Å². The quantitative estimate of drug-likeness (QED) is 0.419. The Hall–Kier alpha value is -3.48. The summed E-state index contributed by atoms with van der Waals surface area (Å²) in [5.74, 6) is -0.626. The first kappa shape index (κ1) is 20.3. The second kappa shape index (κ2) is 8.68. The fraction of sp³-hybridized carbons (Fsp3) is 0.438. The van der Waals surface area contributed by atoms with Crippen molar-refractivity contribution in [3.63, 3.8) is 0 Å². The van der Waals surface area contributed by atoms with E-state index in [4.69, 9.17) is 24.4 Å². The van der Waals surface area contributed by atoms with E-state index in [9.17, 15) is 14.0 Å². The van der Waals surface area contributed by atoms with E-state index in [1.807, 2.05) is 0 Å². The maximum Gasteiger partial charge on any atom is 0.519 e. The van der Waals surface area contributed by atoms with Gasteiger partial charge in [0.15, 0.2) is 29.6 Å². The van der Waals surface area contributed by atoms with Crippen LogP contribution in [-0.2, 0) is 27.4 Å². The molecule has 0 amide bonds. The van der Waals surface area contributed by atoms with Gasteiger partial charge in [0.05, 0.1) is 12.4 Å². The first-order valence-electron chi connectivity index (χ1n) is 8.43. The van der Waals surface area contributed by atoms with Crippen molar-refractivity contribution in [1.29, 1.82) is 0 Å². The molecular formula is C16H18FN5O7. The van der Waals surface area contributed by atoms with E-state index in [0.717, 1.165) is 0 Å². The van der Waals surface area contributed by atoms with Gasteiger partial charge >= 0.3 is 18.1 Å². The largest absolute Gasteiger partial charge is 0.519 e. The van der Waals surface area contributed by atoms with Crippen molar-refractivity contribution in [2.24, 2.45) is 0 Å². The summed E-state index contributed by atoms with van der Waals surface area (Å²) in [7, 11) is 1.45. The number of imidazole rings is 1. The standard InChI is InChI=1S/C16H18FN5O7/c1-8-10(29-16(24)28-8)6-27-15(23)26-5-9(25-2)3-4-22-7-19-11-12(18)20-14(17)21-13(11)22/h7,9H,3-6H2,1-2H3,(H2,18,20,21). The van der Waals surface area contributed by atoms with Gasteiger partial charge in [-0.3, -0.25) is 0 Å². The van der Waals surface area contributed by atoms with Crippen molar-refractivity contribution in [3.05, 3.63) is 34.5 Å². The van der Waals surface area contributed by atoms with Gasteiger partial charge in [-0.1, -0.05) is 0 Å². The Labute approximate surface area is 162 Å². The minimum atomic E-state index is -0.967.